The van der Waals surface area contributed by atoms with E-state index in [1.165, 1.54) is 19.2 Å². The highest BCUT2D eigenvalue weighted by molar-refractivity contribution is 5.86. The molecule has 5 rings (SSSR count). The number of methoxy groups -OCH3 is 2. The van der Waals surface area contributed by atoms with Crippen LogP contribution in [0.2, 0.25) is 0 Å². The minimum atomic E-state index is -0.348. The Morgan fingerprint density at radius 3 is 2.48 bits per heavy atom. The summed E-state index contributed by atoms with van der Waals surface area (Å²) >= 11 is 0. The van der Waals surface area contributed by atoms with Gasteiger partial charge in [0.2, 0.25) is 5.88 Å². The van der Waals surface area contributed by atoms with Crippen LogP contribution in [0.1, 0.15) is 44.9 Å². The Morgan fingerprint density at radius 1 is 0.970 bits per heavy atom. The highest BCUT2D eigenvalue weighted by Crippen LogP contribution is 2.51. The number of carbonyl (C=O) groups excluding carboxylic acids is 1. The maximum Gasteiger partial charge on any atom is 0.411 e. The zero-order valence-corrected chi connectivity index (χ0v) is 19.0. The van der Waals surface area contributed by atoms with Crippen LogP contribution in [0.4, 0.5) is 4.79 Å². The number of alkyl carbamates (subject to hydrolysis) is 1. The van der Waals surface area contributed by atoms with Gasteiger partial charge in [-0.05, 0) is 50.3 Å². The van der Waals surface area contributed by atoms with Crippen molar-refractivity contribution in [3.8, 4) is 17.4 Å². The number of hydrogen-bond acceptors (Lipinski definition) is 7. The highest BCUT2D eigenvalue weighted by atomic mass is 16.6. The van der Waals surface area contributed by atoms with Gasteiger partial charge < -0.3 is 18.9 Å². The Kier molecular flexibility index (Phi) is 6.07. The second-order valence-corrected chi connectivity index (χ2v) is 8.79. The average molecular weight is 452 g/mol. The first-order valence-electron chi connectivity index (χ1n) is 11.6. The van der Waals surface area contributed by atoms with Gasteiger partial charge in [0, 0.05) is 23.6 Å². The minimum Gasteiger partial charge on any atom is -0.493 e. The number of ether oxygens (including phenoxy) is 4. The van der Waals surface area contributed by atoms with Crippen molar-refractivity contribution in [2.45, 2.75) is 51.0 Å². The molecule has 1 heterocycles. The van der Waals surface area contributed by atoms with E-state index < -0.39 is 0 Å². The summed E-state index contributed by atoms with van der Waals surface area (Å²) in [4.78, 5) is 21.1. The number of rotatable bonds is 6. The summed E-state index contributed by atoms with van der Waals surface area (Å²) < 4.78 is 22.7. The lowest BCUT2D eigenvalue weighted by atomic mass is 10.1. The van der Waals surface area contributed by atoms with Crippen molar-refractivity contribution in [3.63, 3.8) is 0 Å². The molecule has 1 amide bonds. The fraction of sp³-hybridized carbons (Fsp3) is 0.480. The number of carbonyl (C=O) groups is 1. The summed E-state index contributed by atoms with van der Waals surface area (Å²) in [5, 5.41) is 3.71. The van der Waals surface area contributed by atoms with E-state index in [1.54, 1.807) is 20.3 Å². The molecule has 2 atom stereocenters. The van der Waals surface area contributed by atoms with Crippen LogP contribution < -0.4 is 19.5 Å². The summed E-state index contributed by atoms with van der Waals surface area (Å²) in [5.74, 6) is 2.93. The summed E-state index contributed by atoms with van der Waals surface area (Å²) in [7, 11) is 3.18. The molecular weight excluding hydrogens is 422 g/mol. The van der Waals surface area contributed by atoms with E-state index in [9.17, 15) is 4.79 Å². The first-order valence-corrected chi connectivity index (χ1v) is 11.6. The SMILES string of the molecule is COc1cc2ncnc(OC3=CC=C(NC(=O)OC4CCCCCC4)C4CC34)c2cc1OC. The second kappa shape index (κ2) is 9.29. The number of nitrogens with zero attached hydrogens (tertiary/aromatic N) is 2. The molecule has 0 spiro atoms. The van der Waals surface area contributed by atoms with Crippen molar-refractivity contribution in [1.82, 2.24) is 15.3 Å². The fourth-order valence-corrected chi connectivity index (χ4v) is 4.73. The van der Waals surface area contributed by atoms with Crippen LogP contribution in [0.25, 0.3) is 10.9 Å². The number of nitrogens with one attached hydrogen (secondary N) is 1. The quantitative estimate of drug-likeness (QED) is 0.625. The maximum atomic E-state index is 12.4. The van der Waals surface area contributed by atoms with Gasteiger partial charge in [0.1, 0.15) is 18.2 Å². The first-order chi connectivity index (χ1) is 16.2. The Morgan fingerprint density at radius 2 is 1.73 bits per heavy atom. The second-order valence-electron chi connectivity index (χ2n) is 8.79. The van der Waals surface area contributed by atoms with Gasteiger partial charge >= 0.3 is 6.09 Å². The van der Waals surface area contributed by atoms with Crippen LogP contribution in [0.5, 0.6) is 17.4 Å². The van der Waals surface area contributed by atoms with Crippen molar-refractivity contribution in [3.05, 3.63) is 42.1 Å². The molecule has 33 heavy (non-hydrogen) atoms. The summed E-state index contributed by atoms with van der Waals surface area (Å²) in [6.45, 7) is 0. The van der Waals surface area contributed by atoms with Gasteiger partial charge in [0.05, 0.1) is 25.1 Å². The number of hydrogen-bond donors (Lipinski definition) is 1. The van der Waals surface area contributed by atoms with Gasteiger partial charge in [0.25, 0.3) is 0 Å². The van der Waals surface area contributed by atoms with Crippen LogP contribution in [0, 0.1) is 11.8 Å². The first kappa shape index (κ1) is 21.6. The molecule has 3 aliphatic rings. The van der Waals surface area contributed by atoms with E-state index >= 15 is 0 Å². The third-order valence-electron chi connectivity index (χ3n) is 6.62. The predicted octanol–water partition coefficient (Wildman–Crippen LogP) is 4.89. The number of aromatic nitrogens is 2. The Bertz CT molecular complexity index is 1100. The molecule has 1 aromatic carbocycles. The van der Waals surface area contributed by atoms with Gasteiger partial charge in [0.15, 0.2) is 11.5 Å². The Balaban J connectivity index is 1.29. The zero-order chi connectivity index (χ0) is 22.8. The van der Waals surface area contributed by atoms with Gasteiger partial charge in [-0.25, -0.2) is 14.8 Å². The van der Waals surface area contributed by atoms with Gasteiger partial charge in [-0.15, -0.1) is 0 Å². The Hall–Kier alpha value is -3.29. The van der Waals surface area contributed by atoms with Crippen molar-refractivity contribution < 1.29 is 23.7 Å². The van der Waals surface area contributed by atoms with Crippen LogP contribution >= 0.6 is 0 Å². The van der Waals surface area contributed by atoms with E-state index in [2.05, 4.69) is 15.3 Å². The maximum absolute atomic E-state index is 12.4. The van der Waals surface area contributed by atoms with E-state index in [0.29, 0.717) is 22.9 Å². The molecule has 0 radical (unpaired) electrons. The number of allylic oxidation sites excluding steroid dienone is 4. The van der Waals surface area contributed by atoms with Crippen molar-refractivity contribution >= 4 is 17.0 Å². The molecule has 0 aliphatic heterocycles. The monoisotopic (exact) mass is 451 g/mol. The molecule has 2 saturated carbocycles. The smallest absolute Gasteiger partial charge is 0.411 e. The van der Waals surface area contributed by atoms with Crippen molar-refractivity contribution in [1.29, 1.82) is 0 Å². The minimum absolute atomic E-state index is 0.0304. The molecule has 2 fully saturated rings. The lowest BCUT2D eigenvalue weighted by molar-refractivity contribution is 0.0906. The number of amides is 1. The van der Waals surface area contributed by atoms with Gasteiger partial charge in [-0.1, -0.05) is 12.8 Å². The zero-order valence-electron chi connectivity index (χ0n) is 19.0. The van der Waals surface area contributed by atoms with E-state index in [4.69, 9.17) is 18.9 Å². The van der Waals surface area contributed by atoms with Crippen LogP contribution in [0.15, 0.2) is 42.1 Å². The van der Waals surface area contributed by atoms with Gasteiger partial charge in [-0.2, -0.15) is 0 Å². The third kappa shape index (κ3) is 4.60. The Labute approximate surface area is 193 Å². The van der Waals surface area contributed by atoms with Crippen LogP contribution in [-0.2, 0) is 4.74 Å². The molecule has 2 unspecified atom stereocenters. The van der Waals surface area contributed by atoms with Crippen molar-refractivity contribution in [2.24, 2.45) is 11.8 Å². The largest absolute Gasteiger partial charge is 0.493 e. The van der Waals surface area contributed by atoms with E-state index in [0.717, 1.165) is 48.9 Å². The van der Waals surface area contributed by atoms with Crippen LogP contribution in [-0.4, -0.2) is 36.4 Å². The third-order valence-corrected chi connectivity index (χ3v) is 6.62. The van der Waals surface area contributed by atoms with E-state index in [-0.39, 0.29) is 24.0 Å². The van der Waals surface area contributed by atoms with Crippen LogP contribution in [0.3, 0.4) is 0 Å². The molecule has 8 heteroatoms. The molecule has 174 valence electrons. The molecule has 0 saturated heterocycles. The fourth-order valence-electron chi connectivity index (χ4n) is 4.73. The molecule has 1 N–H and O–H groups in total. The lowest BCUT2D eigenvalue weighted by Crippen LogP contribution is -2.30. The van der Waals surface area contributed by atoms with E-state index in [1.807, 2.05) is 18.2 Å². The molecular formula is C25H29N3O5. The normalized spacial score (nSPS) is 22.4. The van der Waals surface area contributed by atoms with Crippen molar-refractivity contribution in [2.75, 3.05) is 14.2 Å². The molecule has 3 aliphatic carbocycles. The number of benzene rings is 1. The summed E-state index contributed by atoms with van der Waals surface area (Å²) in [6.07, 6.45) is 12.5. The summed E-state index contributed by atoms with van der Waals surface area (Å²) in [5.41, 5.74) is 1.60. The molecule has 8 nitrogen and oxygen atoms in total. The summed E-state index contributed by atoms with van der Waals surface area (Å²) in [6, 6.07) is 3.63. The van der Waals surface area contributed by atoms with Gasteiger partial charge in [-0.3, -0.25) is 5.32 Å². The molecule has 0 bridgehead atoms. The topological polar surface area (TPSA) is 91.8 Å². The molecule has 1 aromatic heterocycles. The lowest BCUT2D eigenvalue weighted by Gasteiger charge is -2.19. The predicted molar refractivity (Wildman–Crippen MR) is 122 cm³/mol. The average Bonchev–Trinajstić information content (AvgIpc) is 3.65. The molecule has 2 aromatic rings. The number of fused-ring (bicyclic) bond motifs is 2. The standard InChI is InChI=1S/C25H29N3O5/c1-30-22-12-18-20(13-23(22)31-2)26-14-27-24(18)33-21-10-9-19(16-11-17(16)21)28-25(29)32-15-7-5-3-4-6-8-15/h9-10,12-17H,3-8,11H2,1-2H3,(H,28,29). The highest BCUT2D eigenvalue weighted by Gasteiger charge is 2.46.